The van der Waals surface area contributed by atoms with Crippen molar-refractivity contribution in [1.82, 2.24) is 20.4 Å². The predicted molar refractivity (Wildman–Crippen MR) is 74.5 cm³/mol. The van der Waals surface area contributed by atoms with Crippen LogP contribution in [0, 0.1) is 0 Å². The molecule has 0 fully saturated rings. The average Bonchev–Trinajstić information content (AvgIpc) is 2.98. The molecule has 20 heavy (non-hydrogen) atoms. The van der Waals surface area contributed by atoms with Crippen molar-refractivity contribution in [2.75, 3.05) is 0 Å². The summed E-state index contributed by atoms with van der Waals surface area (Å²) >= 11 is 0. The van der Waals surface area contributed by atoms with E-state index in [0.29, 0.717) is 13.2 Å². The maximum atomic E-state index is 5.69. The van der Waals surface area contributed by atoms with Crippen molar-refractivity contribution in [2.24, 2.45) is 0 Å². The number of aromatic nitrogens is 4. The summed E-state index contributed by atoms with van der Waals surface area (Å²) in [7, 11) is 0. The molecule has 5 heteroatoms. The van der Waals surface area contributed by atoms with Gasteiger partial charge in [-0.3, -0.25) is 4.98 Å². The van der Waals surface area contributed by atoms with Crippen LogP contribution in [0.3, 0.4) is 0 Å². The number of pyridine rings is 1. The van der Waals surface area contributed by atoms with Gasteiger partial charge in [0.25, 0.3) is 0 Å². The fraction of sp³-hybridized carbons (Fsp3) is 0.133. The first kappa shape index (κ1) is 12.5. The summed E-state index contributed by atoms with van der Waals surface area (Å²) in [5.74, 6) is 0. The lowest BCUT2D eigenvalue weighted by Crippen LogP contribution is -1.96. The van der Waals surface area contributed by atoms with Crippen LogP contribution in [0.1, 0.15) is 11.3 Å². The zero-order valence-corrected chi connectivity index (χ0v) is 10.9. The van der Waals surface area contributed by atoms with E-state index in [1.807, 2.05) is 42.5 Å². The summed E-state index contributed by atoms with van der Waals surface area (Å²) in [6.07, 6.45) is 3.47. The van der Waals surface area contributed by atoms with Crippen LogP contribution in [0.2, 0.25) is 0 Å². The molecule has 100 valence electrons. The molecule has 0 unspecified atom stereocenters. The molecule has 0 atom stereocenters. The van der Waals surface area contributed by atoms with E-state index in [0.717, 1.165) is 22.5 Å². The van der Waals surface area contributed by atoms with Gasteiger partial charge in [-0.1, -0.05) is 30.3 Å². The quantitative estimate of drug-likeness (QED) is 0.771. The number of ether oxygens (including phenoxy) is 1. The van der Waals surface area contributed by atoms with Crippen LogP contribution in [0.5, 0.6) is 0 Å². The molecule has 0 radical (unpaired) electrons. The molecule has 1 aromatic carbocycles. The van der Waals surface area contributed by atoms with Crippen molar-refractivity contribution in [3.63, 3.8) is 0 Å². The molecule has 0 saturated carbocycles. The molecule has 0 spiro atoms. The third kappa shape index (κ3) is 2.89. The van der Waals surface area contributed by atoms with E-state index in [1.54, 1.807) is 12.4 Å². The van der Waals surface area contributed by atoms with Gasteiger partial charge >= 0.3 is 0 Å². The third-order valence-corrected chi connectivity index (χ3v) is 2.92. The van der Waals surface area contributed by atoms with Crippen LogP contribution in [-0.4, -0.2) is 20.4 Å². The zero-order valence-electron chi connectivity index (χ0n) is 10.9. The van der Waals surface area contributed by atoms with Gasteiger partial charge in [0, 0.05) is 18.0 Å². The Bertz CT molecular complexity index is 652. The second-order valence-electron chi connectivity index (χ2n) is 4.33. The zero-order chi connectivity index (χ0) is 13.6. The van der Waals surface area contributed by atoms with Gasteiger partial charge in [-0.15, -0.1) is 0 Å². The van der Waals surface area contributed by atoms with Crippen LogP contribution in [0.4, 0.5) is 0 Å². The van der Waals surface area contributed by atoms with Crippen molar-refractivity contribution in [1.29, 1.82) is 0 Å². The molecule has 0 aliphatic heterocycles. The smallest absolute Gasteiger partial charge is 0.118 e. The van der Waals surface area contributed by atoms with Crippen LogP contribution in [0.25, 0.3) is 11.3 Å². The molecule has 3 aromatic rings. The fourth-order valence-electron chi connectivity index (χ4n) is 1.93. The van der Waals surface area contributed by atoms with Crippen molar-refractivity contribution in [3.8, 4) is 11.3 Å². The van der Waals surface area contributed by atoms with E-state index in [1.165, 1.54) is 0 Å². The Morgan fingerprint density at radius 2 is 1.70 bits per heavy atom. The predicted octanol–water partition coefficient (Wildman–Crippen LogP) is 2.58. The molecule has 5 nitrogen and oxygen atoms in total. The standard InChI is InChI=1S/C15H14N4O/c1-2-4-12(5-3-1)10-20-11-14-15(18-19-17-14)13-6-8-16-9-7-13/h1-9H,10-11H2,(H,17,18,19). The Hall–Kier alpha value is -2.53. The summed E-state index contributed by atoms with van der Waals surface area (Å²) in [4.78, 5) is 4.00. The molecular formula is C15H14N4O. The van der Waals surface area contributed by atoms with E-state index in [2.05, 4.69) is 20.4 Å². The molecule has 0 saturated heterocycles. The van der Waals surface area contributed by atoms with Crippen LogP contribution < -0.4 is 0 Å². The minimum atomic E-state index is 0.420. The highest BCUT2D eigenvalue weighted by atomic mass is 16.5. The van der Waals surface area contributed by atoms with Gasteiger partial charge in [-0.05, 0) is 17.7 Å². The lowest BCUT2D eigenvalue weighted by Gasteiger charge is -2.03. The summed E-state index contributed by atoms with van der Waals surface area (Å²) in [6, 6.07) is 13.9. The minimum absolute atomic E-state index is 0.420. The SMILES string of the molecule is c1ccc(COCc2n[nH]nc2-c2ccncc2)cc1. The topological polar surface area (TPSA) is 63.7 Å². The molecule has 1 N–H and O–H groups in total. The fourth-order valence-corrected chi connectivity index (χ4v) is 1.93. The van der Waals surface area contributed by atoms with Crippen LogP contribution in [0.15, 0.2) is 54.9 Å². The van der Waals surface area contributed by atoms with Gasteiger partial charge in [0.1, 0.15) is 11.4 Å². The van der Waals surface area contributed by atoms with Crippen molar-refractivity contribution in [3.05, 3.63) is 66.1 Å². The Balaban J connectivity index is 1.66. The molecule has 3 rings (SSSR count). The monoisotopic (exact) mass is 266 g/mol. The molecule has 0 aliphatic rings. The third-order valence-electron chi connectivity index (χ3n) is 2.92. The number of benzene rings is 1. The minimum Gasteiger partial charge on any atom is -0.370 e. The number of rotatable bonds is 5. The number of hydrogen-bond donors (Lipinski definition) is 1. The number of H-pyrrole nitrogens is 1. The molecular weight excluding hydrogens is 252 g/mol. The highest BCUT2D eigenvalue weighted by Gasteiger charge is 2.10. The van der Waals surface area contributed by atoms with Gasteiger partial charge < -0.3 is 4.74 Å². The number of nitrogens with one attached hydrogen (secondary N) is 1. The molecule has 0 aliphatic carbocycles. The highest BCUT2D eigenvalue weighted by molar-refractivity contribution is 5.59. The van der Waals surface area contributed by atoms with E-state index in [-0.39, 0.29) is 0 Å². The maximum Gasteiger partial charge on any atom is 0.118 e. The van der Waals surface area contributed by atoms with Crippen molar-refractivity contribution < 1.29 is 4.74 Å². The van der Waals surface area contributed by atoms with E-state index in [4.69, 9.17) is 4.74 Å². The first-order valence-corrected chi connectivity index (χ1v) is 6.35. The van der Waals surface area contributed by atoms with Gasteiger partial charge in [-0.25, -0.2) is 0 Å². The Morgan fingerprint density at radius 3 is 2.50 bits per heavy atom. The van der Waals surface area contributed by atoms with Gasteiger partial charge in [0.05, 0.1) is 13.2 Å². The lowest BCUT2D eigenvalue weighted by molar-refractivity contribution is 0.105. The van der Waals surface area contributed by atoms with Crippen molar-refractivity contribution in [2.45, 2.75) is 13.2 Å². The number of nitrogens with zero attached hydrogens (tertiary/aromatic N) is 3. The van der Waals surface area contributed by atoms with Gasteiger partial charge in [-0.2, -0.15) is 15.4 Å². The normalized spacial score (nSPS) is 10.6. The Labute approximate surface area is 116 Å². The first-order valence-electron chi connectivity index (χ1n) is 6.35. The van der Waals surface area contributed by atoms with Crippen LogP contribution >= 0.6 is 0 Å². The second-order valence-corrected chi connectivity index (χ2v) is 4.33. The molecule has 0 amide bonds. The van der Waals surface area contributed by atoms with Crippen molar-refractivity contribution >= 4 is 0 Å². The average molecular weight is 266 g/mol. The first-order chi connectivity index (χ1) is 9.93. The largest absolute Gasteiger partial charge is 0.370 e. The van der Waals surface area contributed by atoms with Crippen LogP contribution in [-0.2, 0) is 18.0 Å². The molecule has 2 heterocycles. The van der Waals surface area contributed by atoms with Gasteiger partial charge in [0.15, 0.2) is 0 Å². The molecule has 0 bridgehead atoms. The number of hydrogen-bond acceptors (Lipinski definition) is 4. The summed E-state index contributed by atoms with van der Waals surface area (Å²) in [5, 5.41) is 11.0. The second kappa shape index (κ2) is 6.08. The highest BCUT2D eigenvalue weighted by Crippen LogP contribution is 2.19. The molecule has 2 aromatic heterocycles. The number of aromatic amines is 1. The maximum absolute atomic E-state index is 5.69. The summed E-state index contributed by atoms with van der Waals surface area (Å²) < 4.78 is 5.69. The lowest BCUT2D eigenvalue weighted by atomic mass is 10.1. The summed E-state index contributed by atoms with van der Waals surface area (Å²) in [6.45, 7) is 0.979. The van der Waals surface area contributed by atoms with E-state index < -0.39 is 0 Å². The Kier molecular flexibility index (Phi) is 3.80. The van der Waals surface area contributed by atoms with E-state index >= 15 is 0 Å². The summed E-state index contributed by atoms with van der Waals surface area (Å²) in [5.41, 5.74) is 3.72. The Morgan fingerprint density at radius 1 is 0.900 bits per heavy atom. The van der Waals surface area contributed by atoms with E-state index in [9.17, 15) is 0 Å². The van der Waals surface area contributed by atoms with Gasteiger partial charge in [0.2, 0.25) is 0 Å².